The van der Waals surface area contributed by atoms with Gasteiger partial charge in [-0.25, -0.2) is 0 Å². The Balaban J connectivity index is 3.02. The third kappa shape index (κ3) is 8.18. The normalized spacial score (nSPS) is 12.1. The molecule has 1 nitrogen and oxygen atoms in total. The monoisotopic (exact) mass is 195 g/mol. The molecule has 0 aromatic rings. The molecule has 3 heteroatoms. The van der Waals surface area contributed by atoms with Gasteiger partial charge in [-0.2, -0.15) is 0 Å². The summed E-state index contributed by atoms with van der Waals surface area (Å²) in [7, 11) is 0. The summed E-state index contributed by atoms with van der Waals surface area (Å²) in [6, 6.07) is 0. The van der Waals surface area contributed by atoms with Crippen LogP contribution in [0.4, 0.5) is 0 Å². The molecule has 0 saturated carbocycles. The summed E-state index contributed by atoms with van der Waals surface area (Å²) in [4.78, 5) is 0. The highest BCUT2D eigenvalue weighted by Gasteiger charge is 1.90. The van der Waals surface area contributed by atoms with Gasteiger partial charge in [0.15, 0.2) is 0 Å². The molecule has 0 aromatic carbocycles. The number of rotatable bonds is 6. The van der Waals surface area contributed by atoms with Gasteiger partial charge in [-0.15, -0.1) is 0 Å². The van der Waals surface area contributed by atoms with Crippen molar-refractivity contribution < 1.29 is 0 Å². The molecule has 0 fully saturated rings. The molecular formula is C8H15Cl2N. The van der Waals surface area contributed by atoms with Crippen LogP contribution in [-0.4, -0.2) is 13.1 Å². The van der Waals surface area contributed by atoms with Crippen LogP contribution in [0.1, 0.15) is 26.2 Å². The second-order valence-corrected chi connectivity index (χ2v) is 3.14. The van der Waals surface area contributed by atoms with Crippen LogP contribution in [-0.2, 0) is 0 Å². The van der Waals surface area contributed by atoms with Crippen molar-refractivity contribution in [3.63, 3.8) is 0 Å². The smallest absolute Gasteiger partial charge is 0.0431 e. The van der Waals surface area contributed by atoms with E-state index in [4.69, 9.17) is 23.2 Å². The molecule has 0 saturated heterocycles. The van der Waals surface area contributed by atoms with Gasteiger partial charge >= 0.3 is 0 Å². The Bertz CT molecular complexity index is 113. The molecule has 0 aliphatic rings. The Hall–Kier alpha value is 0.280. The van der Waals surface area contributed by atoms with Crippen LogP contribution in [0.15, 0.2) is 10.6 Å². The zero-order chi connectivity index (χ0) is 8.53. The van der Waals surface area contributed by atoms with E-state index in [1.165, 1.54) is 24.8 Å². The van der Waals surface area contributed by atoms with Gasteiger partial charge in [0, 0.05) is 17.1 Å². The van der Waals surface area contributed by atoms with Gasteiger partial charge in [-0.3, -0.25) is 0 Å². The van der Waals surface area contributed by atoms with E-state index in [1.54, 1.807) is 0 Å². The number of hydrogen-bond acceptors (Lipinski definition) is 1. The molecule has 0 amide bonds. The molecule has 0 heterocycles. The average Bonchev–Trinajstić information content (AvgIpc) is 2.04. The number of nitrogens with one attached hydrogen (secondary N) is 1. The molecular weight excluding hydrogens is 181 g/mol. The van der Waals surface area contributed by atoms with Crippen molar-refractivity contribution in [3.05, 3.63) is 10.6 Å². The number of unbranched alkanes of at least 4 members (excludes halogenated alkanes) is 2. The van der Waals surface area contributed by atoms with Crippen molar-refractivity contribution in [1.82, 2.24) is 5.32 Å². The van der Waals surface area contributed by atoms with Crippen LogP contribution < -0.4 is 5.32 Å². The maximum atomic E-state index is 5.64. The van der Waals surface area contributed by atoms with Gasteiger partial charge in [0.2, 0.25) is 0 Å². The predicted molar refractivity (Wildman–Crippen MR) is 52.2 cm³/mol. The first-order valence-electron chi connectivity index (χ1n) is 3.96. The maximum absolute atomic E-state index is 5.64. The highest BCUT2D eigenvalue weighted by molar-refractivity contribution is 6.36. The average molecular weight is 196 g/mol. The van der Waals surface area contributed by atoms with Crippen LogP contribution >= 0.6 is 23.2 Å². The Kier molecular flexibility index (Phi) is 8.59. The Morgan fingerprint density at radius 2 is 2.18 bits per heavy atom. The largest absolute Gasteiger partial charge is 0.312 e. The summed E-state index contributed by atoms with van der Waals surface area (Å²) >= 11 is 11.0. The predicted octanol–water partition coefficient (Wildman–Crippen LogP) is 3.09. The van der Waals surface area contributed by atoms with Crippen molar-refractivity contribution in [3.8, 4) is 0 Å². The van der Waals surface area contributed by atoms with Crippen LogP contribution in [0, 0.1) is 0 Å². The fourth-order valence-corrected chi connectivity index (χ4v) is 0.918. The lowest BCUT2D eigenvalue weighted by Crippen LogP contribution is -2.16. The van der Waals surface area contributed by atoms with E-state index in [2.05, 4.69) is 12.2 Å². The van der Waals surface area contributed by atoms with Gasteiger partial charge in [0.05, 0.1) is 0 Å². The lowest BCUT2D eigenvalue weighted by molar-refractivity contribution is 0.645. The molecule has 0 aliphatic carbocycles. The fraction of sp³-hybridized carbons (Fsp3) is 0.750. The summed E-state index contributed by atoms with van der Waals surface area (Å²) in [6.07, 6.45) is 3.74. The van der Waals surface area contributed by atoms with E-state index in [9.17, 15) is 0 Å². The molecule has 1 N–H and O–H groups in total. The van der Waals surface area contributed by atoms with Crippen LogP contribution in [0.2, 0.25) is 0 Å². The van der Waals surface area contributed by atoms with Gasteiger partial charge in [0.25, 0.3) is 0 Å². The van der Waals surface area contributed by atoms with Gasteiger partial charge in [0.1, 0.15) is 0 Å². The molecule has 0 aliphatic heterocycles. The zero-order valence-electron chi connectivity index (χ0n) is 6.87. The molecule has 66 valence electrons. The van der Waals surface area contributed by atoms with E-state index in [1.807, 2.05) is 0 Å². The van der Waals surface area contributed by atoms with Gasteiger partial charge in [-0.1, -0.05) is 43.0 Å². The van der Waals surface area contributed by atoms with Gasteiger partial charge in [-0.05, 0) is 13.0 Å². The van der Waals surface area contributed by atoms with Crippen molar-refractivity contribution in [2.45, 2.75) is 26.2 Å². The molecule has 0 rings (SSSR count). The van der Waals surface area contributed by atoms with E-state index in [-0.39, 0.29) is 0 Å². The molecule has 0 aromatic heterocycles. The topological polar surface area (TPSA) is 12.0 Å². The summed E-state index contributed by atoms with van der Waals surface area (Å²) in [6.45, 7) is 3.90. The molecule has 11 heavy (non-hydrogen) atoms. The minimum Gasteiger partial charge on any atom is -0.312 e. The van der Waals surface area contributed by atoms with Crippen molar-refractivity contribution >= 4 is 23.2 Å². The van der Waals surface area contributed by atoms with Crippen LogP contribution in [0.3, 0.4) is 0 Å². The third-order valence-corrected chi connectivity index (χ3v) is 1.99. The first-order valence-corrected chi connectivity index (χ1v) is 4.78. The van der Waals surface area contributed by atoms with E-state index in [0.717, 1.165) is 6.54 Å². The molecule has 0 unspecified atom stereocenters. The first kappa shape index (κ1) is 11.3. The van der Waals surface area contributed by atoms with E-state index < -0.39 is 0 Å². The zero-order valence-corrected chi connectivity index (χ0v) is 8.38. The Labute approximate surface area is 78.8 Å². The number of halogens is 2. The van der Waals surface area contributed by atoms with Gasteiger partial charge < -0.3 is 5.32 Å². The Morgan fingerprint density at radius 1 is 1.45 bits per heavy atom. The van der Waals surface area contributed by atoms with E-state index in [0.29, 0.717) is 11.6 Å². The molecule has 0 atom stereocenters. The third-order valence-electron chi connectivity index (χ3n) is 1.37. The van der Waals surface area contributed by atoms with Crippen molar-refractivity contribution in [2.75, 3.05) is 13.1 Å². The first-order chi connectivity index (χ1) is 5.31. The maximum Gasteiger partial charge on any atom is 0.0431 e. The van der Waals surface area contributed by atoms with E-state index >= 15 is 0 Å². The van der Waals surface area contributed by atoms with Crippen molar-refractivity contribution in [1.29, 1.82) is 0 Å². The minimum atomic E-state index is 0.670. The fourth-order valence-electron chi connectivity index (χ4n) is 0.746. The lowest BCUT2D eigenvalue weighted by Gasteiger charge is -2.01. The second-order valence-electron chi connectivity index (χ2n) is 2.44. The Morgan fingerprint density at radius 3 is 2.73 bits per heavy atom. The highest BCUT2D eigenvalue weighted by atomic mass is 35.5. The SMILES string of the molecule is CCCCCNCC(Cl)=CCl. The summed E-state index contributed by atoms with van der Waals surface area (Å²) < 4.78 is 0. The number of hydrogen-bond donors (Lipinski definition) is 1. The van der Waals surface area contributed by atoms with Crippen LogP contribution in [0.5, 0.6) is 0 Å². The summed E-state index contributed by atoms with van der Waals surface area (Å²) in [5.74, 6) is 0. The molecule has 0 radical (unpaired) electrons. The molecule has 0 spiro atoms. The second kappa shape index (κ2) is 8.38. The lowest BCUT2D eigenvalue weighted by atomic mass is 10.2. The van der Waals surface area contributed by atoms with Crippen molar-refractivity contribution in [2.24, 2.45) is 0 Å². The van der Waals surface area contributed by atoms with Crippen LogP contribution in [0.25, 0.3) is 0 Å². The summed E-state index contributed by atoms with van der Waals surface area (Å²) in [5.41, 5.74) is 1.40. The standard InChI is InChI=1S/C8H15Cl2N/c1-2-3-4-5-11-7-8(10)6-9/h6,11H,2-5,7H2,1H3. The molecule has 0 bridgehead atoms. The highest BCUT2D eigenvalue weighted by Crippen LogP contribution is 2.00. The minimum absolute atomic E-state index is 0.670. The quantitative estimate of drug-likeness (QED) is 0.643. The summed E-state index contributed by atoms with van der Waals surface area (Å²) in [5, 5.41) is 3.86.